The van der Waals surface area contributed by atoms with Gasteiger partial charge in [-0.25, -0.2) is 4.79 Å². The minimum absolute atomic E-state index is 0.0880. The van der Waals surface area contributed by atoms with Crippen LogP contribution >= 0.6 is 0 Å². The predicted octanol–water partition coefficient (Wildman–Crippen LogP) is 6.82. The van der Waals surface area contributed by atoms with Crippen LogP contribution in [0.2, 0.25) is 0 Å². The highest BCUT2D eigenvalue weighted by molar-refractivity contribution is 5.85. The molecule has 4 nitrogen and oxygen atoms in total. The lowest BCUT2D eigenvalue weighted by molar-refractivity contribution is -0.142. The van der Waals surface area contributed by atoms with Gasteiger partial charge in [-0.1, -0.05) is 48.5 Å². The largest absolute Gasteiger partial charge is 0.448 e. The molecular weight excluding hydrogens is 458 g/mol. The molecule has 2 aromatic carbocycles. The molecule has 4 heteroatoms. The van der Waals surface area contributed by atoms with Crippen molar-refractivity contribution in [2.24, 2.45) is 35.5 Å². The van der Waals surface area contributed by atoms with Crippen molar-refractivity contribution in [3.05, 3.63) is 59.7 Å². The number of piperidine rings is 1. The maximum Gasteiger partial charge on any atom is 0.410 e. The first-order chi connectivity index (χ1) is 18.1. The Morgan fingerprint density at radius 1 is 0.730 bits per heavy atom. The number of ether oxygens (including phenoxy) is 1. The molecule has 0 aromatic heterocycles. The van der Waals surface area contributed by atoms with Crippen LogP contribution in [-0.4, -0.2) is 35.5 Å². The second-order valence-electron chi connectivity index (χ2n) is 13.1. The Labute approximate surface area is 219 Å². The Hall–Kier alpha value is -2.62. The second-order valence-corrected chi connectivity index (χ2v) is 13.1. The molecule has 0 radical (unpaired) electrons. The molecule has 2 aromatic rings. The average molecular weight is 496 g/mol. The third kappa shape index (κ3) is 3.47. The van der Waals surface area contributed by atoms with Crippen LogP contribution in [0.15, 0.2) is 48.5 Å². The van der Waals surface area contributed by atoms with Gasteiger partial charge < -0.3 is 9.64 Å². The van der Waals surface area contributed by atoms with E-state index in [1.165, 1.54) is 54.4 Å². The highest BCUT2D eigenvalue weighted by Gasteiger charge is 2.54. The summed E-state index contributed by atoms with van der Waals surface area (Å²) in [5.41, 5.74) is 5.01. The van der Waals surface area contributed by atoms with Gasteiger partial charge in [0, 0.05) is 29.8 Å². The maximum absolute atomic E-state index is 13.9. The van der Waals surface area contributed by atoms with Gasteiger partial charge in [0.25, 0.3) is 0 Å². The van der Waals surface area contributed by atoms with E-state index in [1.54, 1.807) is 0 Å². The Kier molecular flexibility index (Phi) is 5.11. The van der Waals surface area contributed by atoms with Crippen LogP contribution in [0.4, 0.5) is 4.79 Å². The van der Waals surface area contributed by atoms with Crippen LogP contribution in [-0.2, 0) is 9.53 Å². The molecule has 5 aliphatic carbocycles. The Bertz CT molecular complexity index is 1160. The molecule has 6 bridgehead atoms. The summed E-state index contributed by atoms with van der Waals surface area (Å²) >= 11 is 0. The van der Waals surface area contributed by atoms with E-state index in [2.05, 4.69) is 48.5 Å². The van der Waals surface area contributed by atoms with Crippen molar-refractivity contribution < 1.29 is 14.3 Å². The van der Waals surface area contributed by atoms with Crippen molar-refractivity contribution in [3.8, 4) is 11.1 Å². The van der Waals surface area contributed by atoms with Crippen LogP contribution in [0, 0.1) is 35.5 Å². The van der Waals surface area contributed by atoms with E-state index in [1.807, 2.05) is 4.90 Å². The smallest absolute Gasteiger partial charge is 0.410 e. The summed E-state index contributed by atoms with van der Waals surface area (Å²) in [5, 5.41) is 0. The maximum atomic E-state index is 13.9. The summed E-state index contributed by atoms with van der Waals surface area (Å²) in [7, 11) is 0. The first kappa shape index (κ1) is 22.4. The number of hydrogen-bond donors (Lipinski definition) is 0. The normalized spacial score (nSPS) is 36.9. The van der Waals surface area contributed by atoms with Crippen LogP contribution in [0.1, 0.15) is 74.8 Å². The van der Waals surface area contributed by atoms with E-state index in [9.17, 15) is 9.59 Å². The average Bonchev–Trinajstić information content (AvgIpc) is 3.37. The summed E-state index contributed by atoms with van der Waals surface area (Å²) in [6.45, 7) is 0.374. The molecule has 1 amide bonds. The van der Waals surface area contributed by atoms with Crippen molar-refractivity contribution in [3.63, 3.8) is 0 Å². The van der Waals surface area contributed by atoms with Crippen LogP contribution in [0.25, 0.3) is 11.1 Å². The molecule has 7 aliphatic rings. The molecule has 9 rings (SSSR count). The number of ketones is 1. The fraction of sp³-hybridized carbons (Fsp3) is 0.576. The Balaban J connectivity index is 0.949. The molecule has 6 fully saturated rings. The first-order valence-corrected chi connectivity index (χ1v) is 14.8. The van der Waals surface area contributed by atoms with Crippen molar-refractivity contribution in [1.29, 1.82) is 0 Å². The van der Waals surface area contributed by atoms with Crippen LogP contribution in [0.5, 0.6) is 0 Å². The number of amides is 1. The molecule has 2 aliphatic heterocycles. The van der Waals surface area contributed by atoms with E-state index in [4.69, 9.17) is 4.74 Å². The van der Waals surface area contributed by atoms with E-state index < -0.39 is 0 Å². The van der Waals surface area contributed by atoms with Gasteiger partial charge in [-0.2, -0.15) is 0 Å². The van der Waals surface area contributed by atoms with Gasteiger partial charge in [-0.15, -0.1) is 0 Å². The second kappa shape index (κ2) is 8.44. The zero-order valence-corrected chi connectivity index (χ0v) is 21.6. The van der Waals surface area contributed by atoms with Crippen molar-refractivity contribution in [2.75, 3.05) is 6.61 Å². The molecule has 192 valence electrons. The van der Waals surface area contributed by atoms with Gasteiger partial charge in [0.2, 0.25) is 0 Å². The summed E-state index contributed by atoms with van der Waals surface area (Å²) in [6.07, 6.45) is 10.2. The molecule has 2 atom stereocenters. The summed E-state index contributed by atoms with van der Waals surface area (Å²) in [5.74, 6) is 4.23. The molecule has 2 unspecified atom stereocenters. The van der Waals surface area contributed by atoms with Crippen molar-refractivity contribution >= 4 is 11.9 Å². The molecule has 4 saturated carbocycles. The zero-order valence-electron chi connectivity index (χ0n) is 21.6. The molecule has 0 spiro atoms. The van der Waals surface area contributed by atoms with E-state index >= 15 is 0 Å². The van der Waals surface area contributed by atoms with Crippen molar-refractivity contribution in [2.45, 2.75) is 75.8 Å². The molecule has 2 heterocycles. The number of hydrogen-bond acceptors (Lipinski definition) is 3. The summed E-state index contributed by atoms with van der Waals surface area (Å²) in [4.78, 5) is 29.3. The first-order valence-electron chi connectivity index (χ1n) is 14.8. The van der Waals surface area contributed by atoms with E-state index in [-0.39, 0.29) is 30.0 Å². The van der Waals surface area contributed by atoms with Gasteiger partial charge in [-0.3, -0.25) is 4.79 Å². The number of Topliss-reactive ketones (excluding diaryl/α,β-unsaturated/α-hetero) is 1. The Morgan fingerprint density at radius 2 is 1.27 bits per heavy atom. The third-order valence-electron chi connectivity index (χ3n) is 11.2. The number of rotatable bonds is 4. The van der Waals surface area contributed by atoms with Gasteiger partial charge in [0.1, 0.15) is 12.4 Å². The summed E-state index contributed by atoms with van der Waals surface area (Å²) < 4.78 is 6.05. The highest BCUT2D eigenvalue weighted by atomic mass is 16.6. The van der Waals surface area contributed by atoms with Crippen LogP contribution < -0.4 is 0 Å². The number of benzene rings is 2. The quantitative estimate of drug-likeness (QED) is 0.468. The molecular formula is C33H37NO3. The Morgan fingerprint density at radius 3 is 1.84 bits per heavy atom. The summed E-state index contributed by atoms with van der Waals surface area (Å²) in [6, 6.07) is 17.3. The fourth-order valence-corrected chi connectivity index (χ4v) is 10.0. The van der Waals surface area contributed by atoms with Gasteiger partial charge in [0.15, 0.2) is 0 Å². The lowest BCUT2D eigenvalue weighted by Gasteiger charge is -2.54. The van der Waals surface area contributed by atoms with Gasteiger partial charge in [-0.05, 0) is 104 Å². The third-order valence-corrected chi connectivity index (χ3v) is 11.2. The topological polar surface area (TPSA) is 46.6 Å². The molecule has 2 saturated heterocycles. The van der Waals surface area contributed by atoms with E-state index in [0.29, 0.717) is 30.1 Å². The highest BCUT2D eigenvalue weighted by Crippen LogP contribution is 2.58. The van der Waals surface area contributed by atoms with Gasteiger partial charge >= 0.3 is 6.09 Å². The predicted molar refractivity (Wildman–Crippen MR) is 142 cm³/mol. The zero-order chi connectivity index (χ0) is 24.7. The lowest BCUT2D eigenvalue weighted by Crippen LogP contribution is -2.53. The monoisotopic (exact) mass is 495 g/mol. The lowest BCUT2D eigenvalue weighted by atomic mass is 9.50. The minimum atomic E-state index is -0.171. The van der Waals surface area contributed by atoms with Gasteiger partial charge in [0.05, 0.1) is 0 Å². The molecule has 0 N–H and O–H groups in total. The SMILES string of the molecule is O=C(C1CC2CCC(C1)N2C(=O)OCC1c2ccccc2-c2ccccc21)C1C2CC3CC(C2)CC1C3. The number of carbonyl (C=O) groups is 2. The number of nitrogens with zero attached hydrogens (tertiary/aromatic N) is 1. The minimum Gasteiger partial charge on any atom is -0.448 e. The van der Waals surface area contributed by atoms with Crippen molar-refractivity contribution in [1.82, 2.24) is 4.90 Å². The standard InChI is InChI=1S/C33H37NO3/c35-32(31-21-12-19-11-20(14-21)15-22(31)13-19)23-16-24-9-10-25(17-23)34(24)33(36)37-18-30-28-7-3-1-5-26(28)27-6-2-4-8-29(27)30/h1-8,19-25,30-31H,9-18H2. The number of carbonyl (C=O) groups excluding carboxylic acids is 2. The van der Waals surface area contributed by atoms with E-state index in [0.717, 1.165) is 37.5 Å². The fourth-order valence-electron chi connectivity index (χ4n) is 10.0. The van der Waals surface area contributed by atoms with Crippen LogP contribution in [0.3, 0.4) is 0 Å². The number of fused-ring (bicyclic) bond motifs is 5. The molecule has 37 heavy (non-hydrogen) atoms.